The Bertz CT molecular complexity index is 256. The van der Waals surface area contributed by atoms with Crippen molar-refractivity contribution in [1.82, 2.24) is 5.32 Å². The molecule has 2 nitrogen and oxygen atoms in total. The molecule has 2 rings (SSSR count). The number of aliphatic hydroxyl groups excluding tert-OH is 1. The zero-order valence-electron chi connectivity index (χ0n) is 8.28. The summed E-state index contributed by atoms with van der Waals surface area (Å²) >= 11 is 1.74. The van der Waals surface area contributed by atoms with E-state index in [1.54, 1.807) is 11.3 Å². The fourth-order valence-corrected chi connectivity index (χ4v) is 2.36. The normalized spacial score (nSPS) is 18.4. The second-order valence-corrected chi connectivity index (χ2v) is 4.77. The van der Waals surface area contributed by atoms with Gasteiger partial charge < -0.3 is 10.4 Å². The fourth-order valence-electron chi connectivity index (χ4n) is 1.68. The molecule has 0 saturated heterocycles. The van der Waals surface area contributed by atoms with Gasteiger partial charge in [-0.2, -0.15) is 11.3 Å². The molecule has 1 aromatic rings. The Kier molecular flexibility index (Phi) is 3.56. The van der Waals surface area contributed by atoms with Crippen LogP contribution in [0.3, 0.4) is 0 Å². The van der Waals surface area contributed by atoms with Crippen molar-refractivity contribution >= 4 is 11.3 Å². The summed E-state index contributed by atoms with van der Waals surface area (Å²) in [6.45, 7) is 0.286. The van der Waals surface area contributed by atoms with Gasteiger partial charge in [0, 0.05) is 18.7 Å². The molecule has 3 heteroatoms. The maximum Gasteiger partial charge on any atom is 0.0445 e. The van der Waals surface area contributed by atoms with Crippen molar-refractivity contribution in [1.29, 1.82) is 0 Å². The first-order valence-corrected chi connectivity index (χ1v) is 6.21. The van der Waals surface area contributed by atoms with Crippen molar-refractivity contribution in [3.8, 4) is 0 Å². The zero-order chi connectivity index (χ0) is 9.80. The number of aliphatic hydroxyl groups is 1. The van der Waals surface area contributed by atoms with Crippen molar-refractivity contribution in [2.45, 2.75) is 37.8 Å². The van der Waals surface area contributed by atoms with Gasteiger partial charge in [-0.25, -0.2) is 0 Å². The van der Waals surface area contributed by atoms with Gasteiger partial charge in [-0.05, 0) is 48.1 Å². The molecule has 0 amide bonds. The molecule has 14 heavy (non-hydrogen) atoms. The third-order valence-electron chi connectivity index (χ3n) is 2.59. The Morgan fingerprint density at radius 3 is 3.00 bits per heavy atom. The molecule has 1 fully saturated rings. The lowest BCUT2D eigenvalue weighted by atomic mass is 10.1. The summed E-state index contributed by atoms with van der Waals surface area (Å²) in [5.74, 6) is 0. The topological polar surface area (TPSA) is 32.3 Å². The van der Waals surface area contributed by atoms with Crippen LogP contribution in [-0.4, -0.2) is 23.8 Å². The number of nitrogens with one attached hydrogen (secondary N) is 1. The Labute approximate surface area is 89.0 Å². The predicted molar refractivity (Wildman–Crippen MR) is 59.7 cm³/mol. The van der Waals surface area contributed by atoms with E-state index in [0.717, 1.165) is 18.9 Å². The highest BCUT2D eigenvalue weighted by atomic mass is 32.1. The average Bonchev–Trinajstić information content (AvgIpc) is 2.81. The van der Waals surface area contributed by atoms with Gasteiger partial charge >= 0.3 is 0 Å². The molecule has 0 spiro atoms. The van der Waals surface area contributed by atoms with Gasteiger partial charge in [0.15, 0.2) is 0 Å². The van der Waals surface area contributed by atoms with Gasteiger partial charge in [0.2, 0.25) is 0 Å². The van der Waals surface area contributed by atoms with Gasteiger partial charge in [0.25, 0.3) is 0 Å². The lowest BCUT2D eigenvalue weighted by Gasteiger charge is -2.16. The molecule has 78 valence electrons. The molecule has 1 aromatic heterocycles. The number of rotatable bonds is 6. The van der Waals surface area contributed by atoms with Gasteiger partial charge in [-0.1, -0.05) is 0 Å². The van der Waals surface area contributed by atoms with Crippen LogP contribution in [0.1, 0.15) is 24.8 Å². The summed E-state index contributed by atoms with van der Waals surface area (Å²) in [7, 11) is 0. The van der Waals surface area contributed by atoms with Crippen molar-refractivity contribution in [3.05, 3.63) is 22.4 Å². The molecule has 1 aliphatic rings. The molecule has 2 N–H and O–H groups in total. The standard InChI is InChI=1S/C11H17NOS/c13-5-3-11(12-10-1-2-10)7-9-4-6-14-8-9/h4,6,8,10-13H,1-3,5,7H2. The van der Waals surface area contributed by atoms with Crippen LogP contribution in [-0.2, 0) is 6.42 Å². The molecule has 0 aromatic carbocycles. The van der Waals surface area contributed by atoms with Gasteiger partial charge in [-0.15, -0.1) is 0 Å². The van der Waals surface area contributed by atoms with Crippen LogP contribution < -0.4 is 5.32 Å². The summed E-state index contributed by atoms with van der Waals surface area (Å²) in [6.07, 6.45) is 4.55. The first kappa shape index (κ1) is 10.1. The molecular formula is C11H17NOS. The lowest BCUT2D eigenvalue weighted by molar-refractivity contribution is 0.263. The maximum absolute atomic E-state index is 8.96. The van der Waals surface area contributed by atoms with Crippen molar-refractivity contribution < 1.29 is 5.11 Å². The van der Waals surface area contributed by atoms with Gasteiger partial charge in [0.05, 0.1) is 0 Å². The van der Waals surface area contributed by atoms with Crippen LogP contribution in [0.2, 0.25) is 0 Å². The first-order chi connectivity index (χ1) is 6.88. The monoisotopic (exact) mass is 211 g/mol. The third-order valence-corrected chi connectivity index (χ3v) is 3.32. The second kappa shape index (κ2) is 4.91. The SMILES string of the molecule is OCCC(Cc1ccsc1)NC1CC1. The van der Waals surface area contributed by atoms with Crippen LogP contribution in [0, 0.1) is 0 Å². The van der Waals surface area contributed by atoms with Crippen LogP contribution in [0.15, 0.2) is 16.8 Å². The van der Waals surface area contributed by atoms with E-state index >= 15 is 0 Å². The van der Waals surface area contributed by atoms with Gasteiger partial charge in [-0.3, -0.25) is 0 Å². The lowest BCUT2D eigenvalue weighted by Crippen LogP contribution is -2.33. The third kappa shape index (κ3) is 3.08. The molecular weight excluding hydrogens is 194 g/mol. The number of hydrogen-bond donors (Lipinski definition) is 2. The zero-order valence-corrected chi connectivity index (χ0v) is 9.09. The van der Waals surface area contributed by atoms with Crippen LogP contribution in [0.4, 0.5) is 0 Å². The summed E-state index contributed by atoms with van der Waals surface area (Å²) in [5, 5.41) is 16.8. The molecule has 1 saturated carbocycles. The van der Waals surface area contributed by atoms with E-state index in [-0.39, 0.29) is 6.61 Å². The first-order valence-electron chi connectivity index (χ1n) is 5.26. The molecule has 0 bridgehead atoms. The van der Waals surface area contributed by atoms with E-state index in [4.69, 9.17) is 5.11 Å². The Morgan fingerprint density at radius 1 is 1.57 bits per heavy atom. The molecule has 1 heterocycles. The predicted octanol–water partition coefficient (Wildman–Crippen LogP) is 1.79. The summed E-state index contributed by atoms with van der Waals surface area (Å²) in [5.41, 5.74) is 1.39. The Morgan fingerprint density at radius 2 is 2.43 bits per heavy atom. The Balaban J connectivity index is 1.82. The molecule has 0 aliphatic heterocycles. The average molecular weight is 211 g/mol. The van der Waals surface area contributed by atoms with E-state index in [1.807, 2.05) is 0 Å². The smallest absolute Gasteiger partial charge is 0.0445 e. The Hall–Kier alpha value is -0.380. The van der Waals surface area contributed by atoms with Crippen LogP contribution >= 0.6 is 11.3 Å². The van der Waals surface area contributed by atoms with E-state index in [0.29, 0.717) is 6.04 Å². The largest absolute Gasteiger partial charge is 0.396 e. The quantitative estimate of drug-likeness (QED) is 0.752. The van der Waals surface area contributed by atoms with Crippen molar-refractivity contribution in [2.24, 2.45) is 0 Å². The summed E-state index contributed by atoms with van der Waals surface area (Å²) in [6, 6.07) is 3.36. The highest BCUT2D eigenvalue weighted by Gasteiger charge is 2.24. The van der Waals surface area contributed by atoms with Crippen LogP contribution in [0.25, 0.3) is 0 Å². The summed E-state index contributed by atoms with van der Waals surface area (Å²) in [4.78, 5) is 0. The van der Waals surface area contributed by atoms with E-state index < -0.39 is 0 Å². The van der Waals surface area contributed by atoms with E-state index in [9.17, 15) is 0 Å². The number of thiophene rings is 1. The highest BCUT2D eigenvalue weighted by molar-refractivity contribution is 7.07. The maximum atomic E-state index is 8.96. The number of hydrogen-bond acceptors (Lipinski definition) is 3. The van der Waals surface area contributed by atoms with Crippen LogP contribution in [0.5, 0.6) is 0 Å². The molecule has 0 radical (unpaired) electrons. The molecule has 1 unspecified atom stereocenters. The highest BCUT2D eigenvalue weighted by Crippen LogP contribution is 2.21. The fraction of sp³-hybridized carbons (Fsp3) is 0.636. The van der Waals surface area contributed by atoms with Crippen molar-refractivity contribution in [3.63, 3.8) is 0 Å². The molecule has 1 aliphatic carbocycles. The minimum absolute atomic E-state index is 0.286. The summed E-state index contributed by atoms with van der Waals surface area (Å²) < 4.78 is 0. The minimum Gasteiger partial charge on any atom is -0.396 e. The van der Waals surface area contributed by atoms with Gasteiger partial charge in [0.1, 0.15) is 0 Å². The minimum atomic E-state index is 0.286. The van der Waals surface area contributed by atoms with E-state index in [1.165, 1.54) is 18.4 Å². The van der Waals surface area contributed by atoms with E-state index in [2.05, 4.69) is 22.1 Å². The molecule has 1 atom stereocenters. The van der Waals surface area contributed by atoms with Crippen molar-refractivity contribution in [2.75, 3.05) is 6.61 Å². The second-order valence-electron chi connectivity index (χ2n) is 3.99.